The Kier molecular flexibility index (Phi) is 4.71. The molecule has 0 saturated carbocycles. The highest BCUT2D eigenvalue weighted by Crippen LogP contribution is 2.26. The molecule has 1 amide bonds. The molecule has 1 atom stereocenters. The van der Waals surface area contributed by atoms with E-state index in [0.29, 0.717) is 31.3 Å². The number of benzene rings is 2. The van der Waals surface area contributed by atoms with Gasteiger partial charge in [-0.05, 0) is 47.7 Å². The quantitative estimate of drug-likeness (QED) is 0.711. The van der Waals surface area contributed by atoms with Gasteiger partial charge in [0.05, 0.1) is 0 Å². The molecule has 0 bridgehead atoms. The van der Waals surface area contributed by atoms with Crippen LogP contribution in [0.3, 0.4) is 0 Å². The molecule has 5 nitrogen and oxygen atoms in total. The number of carbonyl (C=O) groups is 1. The maximum Gasteiger partial charge on any atom is 0.247 e. The van der Waals surface area contributed by atoms with E-state index >= 15 is 0 Å². The minimum absolute atomic E-state index is 0.0570. The molecule has 27 heavy (non-hydrogen) atoms. The molecule has 1 unspecified atom stereocenters. The van der Waals surface area contributed by atoms with Crippen LogP contribution in [0.1, 0.15) is 29.9 Å². The summed E-state index contributed by atoms with van der Waals surface area (Å²) in [5, 5.41) is 8.04. The minimum Gasteiger partial charge on any atom is -0.420 e. The fourth-order valence-corrected chi connectivity index (χ4v) is 3.52. The second-order valence-electron chi connectivity index (χ2n) is 6.88. The first-order valence-corrected chi connectivity index (χ1v) is 9.04. The van der Waals surface area contributed by atoms with E-state index in [1.807, 2.05) is 43.3 Å². The SMILES string of the molecule is CC1CN(C(=O)Cc2nnc(-c3ccccc3)o2)CCc2ccc(F)cc21. The zero-order valence-corrected chi connectivity index (χ0v) is 15.1. The smallest absolute Gasteiger partial charge is 0.247 e. The van der Waals surface area contributed by atoms with Gasteiger partial charge in [0.1, 0.15) is 12.2 Å². The predicted octanol–water partition coefficient (Wildman–Crippen LogP) is 3.61. The number of hydrogen-bond acceptors (Lipinski definition) is 4. The van der Waals surface area contributed by atoms with Crippen LogP contribution in [0.25, 0.3) is 11.5 Å². The van der Waals surface area contributed by atoms with E-state index in [9.17, 15) is 9.18 Å². The topological polar surface area (TPSA) is 59.2 Å². The van der Waals surface area contributed by atoms with Gasteiger partial charge in [-0.25, -0.2) is 4.39 Å². The van der Waals surface area contributed by atoms with E-state index in [2.05, 4.69) is 10.2 Å². The largest absolute Gasteiger partial charge is 0.420 e. The molecule has 0 N–H and O–H groups in total. The lowest BCUT2D eigenvalue weighted by molar-refractivity contribution is -0.130. The van der Waals surface area contributed by atoms with Gasteiger partial charge < -0.3 is 9.32 Å². The molecule has 0 spiro atoms. The first kappa shape index (κ1) is 17.4. The van der Waals surface area contributed by atoms with Crippen molar-refractivity contribution >= 4 is 5.91 Å². The average molecular weight is 365 g/mol. The number of carbonyl (C=O) groups excluding carboxylic acids is 1. The van der Waals surface area contributed by atoms with Crippen molar-refractivity contribution in [3.05, 3.63) is 71.4 Å². The van der Waals surface area contributed by atoms with E-state index in [1.165, 1.54) is 6.07 Å². The van der Waals surface area contributed by atoms with Crippen LogP contribution in [0.5, 0.6) is 0 Å². The Morgan fingerprint density at radius 2 is 2.04 bits per heavy atom. The lowest BCUT2D eigenvalue weighted by atomic mass is 9.95. The molecule has 0 radical (unpaired) electrons. The second-order valence-corrected chi connectivity index (χ2v) is 6.88. The summed E-state index contributed by atoms with van der Waals surface area (Å²) in [4.78, 5) is 14.6. The molecule has 1 aliphatic rings. The van der Waals surface area contributed by atoms with Crippen LogP contribution in [-0.4, -0.2) is 34.1 Å². The van der Waals surface area contributed by atoms with E-state index < -0.39 is 0 Å². The molecule has 2 aromatic carbocycles. The molecule has 138 valence electrons. The molecular weight excluding hydrogens is 345 g/mol. The first-order valence-electron chi connectivity index (χ1n) is 9.04. The molecule has 2 heterocycles. The Morgan fingerprint density at radius 3 is 2.85 bits per heavy atom. The number of fused-ring (bicyclic) bond motifs is 1. The summed E-state index contributed by atoms with van der Waals surface area (Å²) in [7, 11) is 0. The highest BCUT2D eigenvalue weighted by Gasteiger charge is 2.25. The molecule has 0 saturated heterocycles. The van der Waals surface area contributed by atoms with Crippen LogP contribution in [0, 0.1) is 5.82 Å². The molecule has 3 aromatic rings. The average Bonchev–Trinajstić information content (AvgIpc) is 3.08. The van der Waals surface area contributed by atoms with E-state index in [4.69, 9.17) is 4.42 Å². The van der Waals surface area contributed by atoms with Crippen molar-refractivity contribution in [2.24, 2.45) is 0 Å². The van der Waals surface area contributed by atoms with E-state index in [-0.39, 0.29) is 24.1 Å². The van der Waals surface area contributed by atoms with E-state index in [0.717, 1.165) is 16.7 Å². The Hall–Kier alpha value is -3.02. The number of aromatic nitrogens is 2. The molecule has 1 aliphatic heterocycles. The summed E-state index contributed by atoms with van der Waals surface area (Å²) in [6.45, 7) is 3.17. The summed E-state index contributed by atoms with van der Waals surface area (Å²) in [6.07, 6.45) is 0.780. The van der Waals surface area contributed by atoms with Gasteiger partial charge in [0.2, 0.25) is 17.7 Å². The third-order valence-corrected chi connectivity index (χ3v) is 4.93. The number of nitrogens with zero attached hydrogens (tertiary/aromatic N) is 3. The second kappa shape index (κ2) is 7.31. The monoisotopic (exact) mass is 365 g/mol. The standard InChI is InChI=1S/C21H20FN3O2/c1-14-13-25(10-9-15-7-8-17(22)11-18(14)15)20(26)12-19-23-24-21(27-19)16-5-3-2-4-6-16/h2-8,11,14H,9-10,12-13H2,1H3. The van der Waals surface area contributed by atoms with Crippen LogP contribution in [0.2, 0.25) is 0 Å². The van der Waals surface area contributed by atoms with Crippen molar-refractivity contribution in [3.63, 3.8) is 0 Å². The summed E-state index contributed by atoms with van der Waals surface area (Å²) in [5.41, 5.74) is 2.90. The third-order valence-electron chi connectivity index (χ3n) is 4.93. The van der Waals surface area contributed by atoms with Crippen LogP contribution >= 0.6 is 0 Å². The number of amides is 1. The lowest BCUT2D eigenvalue weighted by Crippen LogP contribution is -2.35. The van der Waals surface area contributed by atoms with Crippen LogP contribution in [-0.2, 0) is 17.6 Å². The molecule has 6 heteroatoms. The van der Waals surface area contributed by atoms with Gasteiger partial charge in [0.15, 0.2) is 0 Å². The van der Waals surface area contributed by atoms with Crippen molar-refractivity contribution in [2.45, 2.75) is 25.7 Å². The third kappa shape index (κ3) is 3.74. The normalized spacial score (nSPS) is 16.7. The summed E-state index contributed by atoms with van der Waals surface area (Å²) < 4.78 is 19.2. The van der Waals surface area contributed by atoms with Gasteiger partial charge in [-0.1, -0.05) is 31.2 Å². The maximum atomic E-state index is 13.6. The van der Waals surface area contributed by atoms with Crippen molar-refractivity contribution in [1.29, 1.82) is 0 Å². The highest BCUT2D eigenvalue weighted by molar-refractivity contribution is 5.78. The van der Waals surface area contributed by atoms with Crippen molar-refractivity contribution in [2.75, 3.05) is 13.1 Å². The van der Waals surface area contributed by atoms with Gasteiger partial charge in [0.25, 0.3) is 0 Å². The van der Waals surface area contributed by atoms with Crippen molar-refractivity contribution in [3.8, 4) is 11.5 Å². The van der Waals surface area contributed by atoms with Crippen LogP contribution < -0.4 is 0 Å². The molecular formula is C21H20FN3O2. The number of hydrogen-bond donors (Lipinski definition) is 0. The summed E-state index contributed by atoms with van der Waals surface area (Å²) in [5.74, 6) is 0.493. The predicted molar refractivity (Wildman–Crippen MR) is 98.5 cm³/mol. The van der Waals surface area contributed by atoms with Gasteiger partial charge in [-0.2, -0.15) is 0 Å². The number of rotatable bonds is 3. The number of halogens is 1. The van der Waals surface area contributed by atoms with Gasteiger partial charge in [0, 0.05) is 18.7 Å². The van der Waals surface area contributed by atoms with E-state index in [1.54, 1.807) is 11.0 Å². The van der Waals surface area contributed by atoms with Gasteiger partial charge in [-0.15, -0.1) is 10.2 Å². The van der Waals surface area contributed by atoms with Crippen molar-refractivity contribution in [1.82, 2.24) is 15.1 Å². The maximum absolute atomic E-state index is 13.6. The zero-order chi connectivity index (χ0) is 18.8. The first-order chi connectivity index (χ1) is 13.1. The molecule has 1 aromatic heterocycles. The van der Waals surface area contributed by atoms with Crippen LogP contribution in [0.4, 0.5) is 4.39 Å². The fourth-order valence-electron chi connectivity index (χ4n) is 3.52. The lowest BCUT2D eigenvalue weighted by Gasteiger charge is -2.22. The summed E-state index contributed by atoms with van der Waals surface area (Å²) >= 11 is 0. The fraction of sp³-hybridized carbons (Fsp3) is 0.286. The van der Waals surface area contributed by atoms with Crippen molar-refractivity contribution < 1.29 is 13.6 Å². The highest BCUT2D eigenvalue weighted by atomic mass is 19.1. The Bertz CT molecular complexity index is 955. The molecule has 0 fully saturated rings. The van der Waals surface area contributed by atoms with Gasteiger partial charge >= 0.3 is 0 Å². The summed E-state index contributed by atoms with van der Waals surface area (Å²) in [6, 6.07) is 14.3. The Labute approximate surface area is 156 Å². The Morgan fingerprint density at radius 1 is 1.22 bits per heavy atom. The van der Waals surface area contributed by atoms with Crippen LogP contribution in [0.15, 0.2) is 52.9 Å². The Balaban J connectivity index is 1.46. The molecule has 4 rings (SSSR count). The minimum atomic E-state index is -0.236. The van der Waals surface area contributed by atoms with Gasteiger partial charge in [-0.3, -0.25) is 4.79 Å². The molecule has 0 aliphatic carbocycles. The zero-order valence-electron chi connectivity index (χ0n) is 15.1.